The van der Waals surface area contributed by atoms with Gasteiger partial charge in [-0.1, -0.05) is 55.4 Å². The number of aromatic nitrogens is 1. The van der Waals surface area contributed by atoms with E-state index in [4.69, 9.17) is 4.74 Å². The fourth-order valence-electron chi connectivity index (χ4n) is 3.40. The van der Waals surface area contributed by atoms with Crippen molar-refractivity contribution in [2.45, 2.75) is 85.8 Å². The van der Waals surface area contributed by atoms with Crippen LogP contribution in [-0.4, -0.2) is 11.0 Å². The Bertz CT molecular complexity index is 444. The normalized spacial score (nSPS) is 12.0. The first-order valence-electron chi connectivity index (χ1n) is 8.05. The molecule has 0 saturated carbocycles. The van der Waals surface area contributed by atoms with Gasteiger partial charge in [-0.15, -0.1) is 0 Å². The lowest BCUT2D eigenvalue weighted by atomic mass is 9.87. The minimum atomic E-state index is 0.316. The van der Waals surface area contributed by atoms with Crippen molar-refractivity contribution in [1.29, 1.82) is 0 Å². The van der Waals surface area contributed by atoms with Gasteiger partial charge in [-0.3, -0.25) is 4.79 Å². The van der Waals surface area contributed by atoms with E-state index in [9.17, 15) is 4.79 Å². The molecule has 0 saturated heterocycles. The summed E-state index contributed by atoms with van der Waals surface area (Å²) in [5.41, 5.74) is 5.52. The van der Waals surface area contributed by atoms with Gasteiger partial charge in [-0.25, -0.2) is 0 Å². The first-order chi connectivity index (χ1) is 9.73. The molecule has 0 radical (unpaired) electrons. The SMILES string of the molecule is CC(C)c1c(C(C)C)c(C(C)C)n(COC=O)c1C(C)C. The molecule has 1 aromatic heterocycles. The van der Waals surface area contributed by atoms with Crippen LogP contribution in [0.4, 0.5) is 0 Å². The van der Waals surface area contributed by atoms with Crippen LogP contribution in [0.5, 0.6) is 0 Å². The predicted octanol–water partition coefficient (Wildman–Crippen LogP) is 5.11. The molecular weight excluding hydrogens is 262 g/mol. The molecule has 0 spiro atoms. The van der Waals surface area contributed by atoms with Crippen LogP contribution >= 0.6 is 0 Å². The Morgan fingerprint density at radius 2 is 1.19 bits per heavy atom. The van der Waals surface area contributed by atoms with Crippen molar-refractivity contribution >= 4 is 6.47 Å². The van der Waals surface area contributed by atoms with Crippen LogP contribution in [0.3, 0.4) is 0 Å². The molecule has 0 fully saturated rings. The fraction of sp³-hybridized carbons (Fsp3) is 0.722. The molecule has 3 heteroatoms. The first-order valence-corrected chi connectivity index (χ1v) is 8.05. The van der Waals surface area contributed by atoms with E-state index in [1.807, 2.05) is 0 Å². The van der Waals surface area contributed by atoms with Gasteiger partial charge in [0.2, 0.25) is 0 Å². The third-order valence-corrected chi connectivity index (χ3v) is 3.94. The van der Waals surface area contributed by atoms with Crippen molar-refractivity contribution in [2.24, 2.45) is 0 Å². The standard InChI is InChI=1S/C18H31NO2/c1-11(2)15-16(12(3)4)18(14(7)8)19(9-21-10-20)17(15)13(5)6/h10-14H,9H2,1-8H3. The van der Waals surface area contributed by atoms with Crippen LogP contribution in [0, 0.1) is 0 Å². The van der Waals surface area contributed by atoms with Crippen LogP contribution in [0.2, 0.25) is 0 Å². The second-order valence-electron chi connectivity index (χ2n) is 7.04. The average Bonchev–Trinajstić information content (AvgIpc) is 2.71. The van der Waals surface area contributed by atoms with E-state index in [2.05, 4.69) is 60.0 Å². The molecular formula is C18H31NO2. The maximum atomic E-state index is 10.7. The molecule has 0 aliphatic carbocycles. The molecule has 1 aromatic rings. The number of hydrogen-bond acceptors (Lipinski definition) is 2. The molecule has 21 heavy (non-hydrogen) atoms. The van der Waals surface area contributed by atoms with E-state index < -0.39 is 0 Å². The number of nitrogens with zero attached hydrogens (tertiary/aromatic N) is 1. The van der Waals surface area contributed by atoms with Crippen molar-refractivity contribution in [1.82, 2.24) is 4.57 Å². The summed E-state index contributed by atoms with van der Waals surface area (Å²) in [6.07, 6.45) is 0. The van der Waals surface area contributed by atoms with Gasteiger partial charge in [0.25, 0.3) is 6.47 Å². The van der Waals surface area contributed by atoms with Crippen LogP contribution in [0.15, 0.2) is 0 Å². The Hall–Kier alpha value is -1.25. The Morgan fingerprint density at radius 3 is 1.43 bits per heavy atom. The highest BCUT2D eigenvalue weighted by Crippen LogP contribution is 2.40. The van der Waals surface area contributed by atoms with Crippen LogP contribution < -0.4 is 0 Å². The second kappa shape index (κ2) is 7.15. The first kappa shape index (κ1) is 17.8. The van der Waals surface area contributed by atoms with Crippen molar-refractivity contribution in [3.63, 3.8) is 0 Å². The summed E-state index contributed by atoms with van der Waals surface area (Å²) in [4.78, 5) is 10.7. The van der Waals surface area contributed by atoms with E-state index in [1.54, 1.807) is 0 Å². The highest BCUT2D eigenvalue weighted by atomic mass is 16.5. The minimum Gasteiger partial charge on any atom is -0.446 e. The van der Waals surface area contributed by atoms with E-state index in [0.29, 0.717) is 36.9 Å². The maximum absolute atomic E-state index is 10.7. The summed E-state index contributed by atoms with van der Waals surface area (Å²) in [7, 11) is 0. The zero-order valence-electron chi connectivity index (χ0n) is 14.9. The third-order valence-electron chi connectivity index (χ3n) is 3.94. The summed E-state index contributed by atoms with van der Waals surface area (Å²) >= 11 is 0. The molecule has 0 amide bonds. The van der Waals surface area contributed by atoms with E-state index in [0.717, 1.165) is 0 Å². The largest absolute Gasteiger partial charge is 0.446 e. The topological polar surface area (TPSA) is 31.2 Å². The molecule has 1 rings (SSSR count). The summed E-state index contributed by atoms with van der Waals surface area (Å²) in [5, 5.41) is 0. The van der Waals surface area contributed by atoms with Gasteiger partial charge in [-0.05, 0) is 34.8 Å². The molecule has 0 atom stereocenters. The van der Waals surface area contributed by atoms with Gasteiger partial charge in [-0.2, -0.15) is 0 Å². The van der Waals surface area contributed by atoms with Gasteiger partial charge in [0.1, 0.15) is 0 Å². The Balaban J connectivity index is 3.72. The number of carbonyl (C=O) groups is 1. The molecule has 0 bridgehead atoms. The fourth-order valence-corrected chi connectivity index (χ4v) is 3.40. The predicted molar refractivity (Wildman–Crippen MR) is 87.9 cm³/mol. The van der Waals surface area contributed by atoms with E-state index >= 15 is 0 Å². The maximum Gasteiger partial charge on any atom is 0.294 e. The lowest BCUT2D eigenvalue weighted by Gasteiger charge is -2.18. The smallest absolute Gasteiger partial charge is 0.294 e. The minimum absolute atomic E-state index is 0.316. The summed E-state index contributed by atoms with van der Waals surface area (Å²) in [6, 6.07) is 0. The summed E-state index contributed by atoms with van der Waals surface area (Å²) < 4.78 is 7.34. The van der Waals surface area contributed by atoms with Crippen molar-refractivity contribution in [2.75, 3.05) is 0 Å². The number of rotatable bonds is 7. The Morgan fingerprint density at radius 1 is 0.810 bits per heavy atom. The lowest BCUT2D eigenvalue weighted by Crippen LogP contribution is -2.12. The number of ether oxygens (including phenoxy) is 1. The molecule has 0 aliphatic heterocycles. The Kier molecular flexibility index (Phi) is 6.06. The van der Waals surface area contributed by atoms with Crippen LogP contribution in [0.1, 0.15) is 102 Å². The average molecular weight is 293 g/mol. The monoisotopic (exact) mass is 293 g/mol. The summed E-state index contributed by atoms with van der Waals surface area (Å²) in [6.45, 7) is 18.7. The van der Waals surface area contributed by atoms with Gasteiger partial charge >= 0.3 is 0 Å². The van der Waals surface area contributed by atoms with E-state index in [1.165, 1.54) is 22.5 Å². The molecule has 0 unspecified atom stereocenters. The zero-order chi connectivity index (χ0) is 16.3. The van der Waals surface area contributed by atoms with Gasteiger partial charge < -0.3 is 9.30 Å². The third kappa shape index (κ3) is 3.50. The van der Waals surface area contributed by atoms with Crippen LogP contribution in [0.25, 0.3) is 0 Å². The number of hydrogen-bond donors (Lipinski definition) is 0. The number of carbonyl (C=O) groups excluding carboxylic acids is 1. The Labute approximate surface area is 129 Å². The molecule has 1 heterocycles. The quantitative estimate of drug-likeness (QED) is 0.654. The molecule has 0 N–H and O–H groups in total. The molecule has 120 valence electrons. The molecule has 0 aliphatic rings. The highest BCUT2D eigenvalue weighted by Gasteiger charge is 2.28. The molecule has 0 aromatic carbocycles. The van der Waals surface area contributed by atoms with Crippen molar-refractivity contribution < 1.29 is 9.53 Å². The van der Waals surface area contributed by atoms with Crippen LogP contribution in [-0.2, 0) is 16.3 Å². The zero-order valence-corrected chi connectivity index (χ0v) is 14.9. The second-order valence-corrected chi connectivity index (χ2v) is 7.04. The van der Waals surface area contributed by atoms with Crippen molar-refractivity contribution in [3.8, 4) is 0 Å². The van der Waals surface area contributed by atoms with Gasteiger partial charge in [0, 0.05) is 11.4 Å². The van der Waals surface area contributed by atoms with E-state index in [-0.39, 0.29) is 0 Å². The van der Waals surface area contributed by atoms with Gasteiger partial charge in [0.15, 0.2) is 6.73 Å². The molecule has 3 nitrogen and oxygen atoms in total. The van der Waals surface area contributed by atoms with Crippen molar-refractivity contribution in [3.05, 3.63) is 22.5 Å². The van der Waals surface area contributed by atoms with Gasteiger partial charge in [0.05, 0.1) is 0 Å². The lowest BCUT2D eigenvalue weighted by molar-refractivity contribution is -0.132. The summed E-state index contributed by atoms with van der Waals surface area (Å²) in [5.74, 6) is 1.75. The highest BCUT2D eigenvalue weighted by molar-refractivity contribution is 5.46.